The summed E-state index contributed by atoms with van der Waals surface area (Å²) in [5.74, 6) is 2.42. The Hall–Kier alpha value is -3.67. The van der Waals surface area contributed by atoms with Crippen LogP contribution >= 0.6 is 0 Å². The first-order valence-corrected chi connectivity index (χ1v) is 10.1. The molecule has 2 heterocycles. The normalized spacial score (nSPS) is 18.6. The minimum absolute atomic E-state index is 0.00220. The molecule has 0 saturated carbocycles. The molecule has 5 rings (SSSR count). The van der Waals surface area contributed by atoms with Crippen molar-refractivity contribution in [2.75, 3.05) is 20.8 Å². The summed E-state index contributed by atoms with van der Waals surface area (Å²) in [5.41, 5.74) is 2.35. The van der Waals surface area contributed by atoms with Crippen molar-refractivity contribution in [3.63, 3.8) is 0 Å². The van der Waals surface area contributed by atoms with E-state index >= 15 is 0 Å². The van der Waals surface area contributed by atoms with Crippen LogP contribution < -0.4 is 23.7 Å². The number of hydrogen-bond acceptors (Lipinski definition) is 6. The van der Waals surface area contributed by atoms with Crippen molar-refractivity contribution in [1.82, 2.24) is 0 Å². The fraction of sp³-hybridized carbons (Fsp3) is 0.240. The van der Waals surface area contributed by atoms with E-state index in [0.29, 0.717) is 40.9 Å². The van der Waals surface area contributed by atoms with Gasteiger partial charge < -0.3 is 23.7 Å². The Labute approximate surface area is 180 Å². The third kappa shape index (κ3) is 3.44. The third-order valence-electron chi connectivity index (χ3n) is 5.65. The highest BCUT2D eigenvalue weighted by atomic mass is 16.5. The van der Waals surface area contributed by atoms with E-state index in [9.17, 15) is 4.79 Å². The van der Waals surface area contributed by atoms with E-state index in [4.69, 9.17) is 23.7 Å². The van der Waals surface area contributed by atoms with Crippen LogP contribution in [0.4, 0.5) is 0 Å². The Bertz CT molecular complexity index is 1120. The molecule has 6 heteroatoms. The van der Waals surface area contributed by atoms with Crippen LogP contribution in [0.5, 0.6) is 28.7 Å². The van der Waals surface area contributed by atoms with Gasteiger partial charge in [0.2, 0.25) is 0 Å². The predicted molar refractivity (Wildman–Crippen MR) is 114 cm³/mol. The maximum atomic E-state index is 13.4. The van der Waals surface area contributed by atoms with Gasteiger partial charge in [0.1, 0.15) is 36.6 Å². The zero-order chi connectivity index (χ0) is 21.4. The van der Waals surface area contributed by atoms with Gasteiger partial charge in [0.25, 0.3) is 0 Å². The van der Waals surface area contributed by atoms with Crippen LogP contribution in [0.2, 0.25) is 0 Å². The maximum absolute atomic E-state index is 13.4. The number of carbonyl (C=O) groups excluding carboxylic acids is 1. The number of ether oxygens (including phenoxy) is 5. The minimum Gasteiger partial charge on any atom is -0.493 e. The maximum Gasteiger partial charge on any atom is 0.178 e. The van der Waals surface area contributed by atoms with Crippen molar-refractivity contribution >= 4 is 5.78 Å². The minimum atomic E-state index is -0.466. The number of methoxy groups -OCH3 is 2. The van der Waals surface area contributed by atoms with Crippen LogP contribution in [0.1, 0.15) is 27.4 Å². The molecule has 31 heavy (non-hydrogen) atoms. The molecule has 0 N–H and O–H groups in total. The molecule has 0 bridgehead atoms. The summed E-state index contributed by atoms with van der Waals surface area (Å²) in [5, 5.41) is 0. The predicted octanol–water partition coefficient (Wildman–Crippen LogP) is 4.40. The molecular formula is C25H22O6. The van der Waals surface area contributed by atoms with Crippen LogP contribution in [0.3, 0.4) is 0 Å². The number of rotatable bonds is 5. The second kappa shape index (κ2) is 7.87. The van der Waals surface area contributed by atoms with Crippen molar-refractivity contribution in [2.45, 2.75) is 18.6 Å². The number of fused-ring (bicyclic) bond motifs is 4. The molecule has 158 valence electrons. The molecule has 6 nitrogen and oxygen atoms in total. The van der Waals surface area contributed by atoms with Crippen LogP contribution in [0.15, 0.2) is 60.7 Å². The first kappa shape index (κ1) is 19.3. The summed E-state index contributed by atoms with van der Waals surface area (Å²) < 4.78 is 28.7. The summed E-state index contributed by atoms with van der Waals surface area (Å²) >= 11 is 0. The van der Waals surface area contributed by atoms with Gasteiger partial charge in [-0.1, -0.05) is 30.3 Å². The van der Waals surface area contributed by atoms with Crippen molar-refractivity contribution < 1.29 is 28.5 Å². The van der Waals surface area contributed by atoms with E-state index in [1.807, 2.05) is 30.3 Å². The SMILES string of the molecule is COc1cc2c(cc1OC)[C@@H]1C(=O)c3ccc(OCc4ccccc4)cc3O[C@@H]1CO2. The summed E-state index contributed by atoms with van der Waals surface area (Å²) in [7, 11) is 3.13. The first-order valence-electron chi connectivity index (χ1n) is 10.1. The van der Waals surface area contributed by atoms with Crippen molar-refractivity contribution in [2.24, 2.45) is 0 Å². The Morgan fingerprint density at radius 1 is 0.935 bits per heavy atom. The lowest BCUT2D eigenvalue weighted by Gasteiger charge is -2.37. The lowest BCUT2D eigenvalue weighted by Crippen LogP contribution is -2.43. The third-order valence-corrected chi connectivity index (χ3v) is 5.65. The van der Waals surface area contributed by atoms with Gasteiger partial charge in [0.15, 0.2) is 17.3 Å². The van der Waals surface area contributed by atoms with Crippen molar-refractivity contribution in [3.8, 4) is 28.7 Å². The van der Waals surface area contributed by atoms with Gasteiger partial charge in [-0.25, -0.2) is 0 Å². The molecule has 0 unspecified atom stereocenters. The van der Waals surface area contributed by atoms with E-state index in [0.717, 1.165) is 11.1 Å². The summed E-state index contributed by atoms with van der Waals surface area (Å²) in [6, 6.07) is 18.8. The Balaban J connectivity index is 1.43. The molecule has 0 spiro atoms. The zero-order valence-corrected chi connectivity index (χ0v) is 17.3. The fourth-order valence-electron chi connectivity index (χ4n) is 4.09. The smallest absolute Gasteiger partial charge is 0.178 e. The van der Waals surface area contributed by atoms with Gasteiger partial charge in [-0.15, -0.1) is 0 Å². The van der Waals surface area contributed by atoms with Gasteiger partial charge in [0.05, 0.1) is 25.7 Å². The highest BCUT2D eigenvalue weighted by Crippen LogP contribution is 2.47. The largest absolute Gasteiger partial charge is 0.493 e. The van der Waals surface area contributed by atoms with Crippen LogP contribution in [-0.2, 0) is 6.61 Å². The van der Waals surface area contributed by atoms with E-state index in [1.54, 1.807) is 44.6 Å². The van der Waals surface area contributed by atoms with Gasteiger partial charge >= 0.3 is 0 Å². The average molecular weight is 418 g/mol. The monoisotopic (exact) mass is 418 g/mol. The number of Topliss-reactive ketones (excluding diaryl/α,β-unsaturated/α-hetero) is 1. The van der Waals surface area contributed by atoms with E-state index in [1.165, 1.54) is 0 Å². The molecule has 0 saturated heterocycles. The molecule has 2 atom stereocenters. The highest BCUT2D eigenvalue weighted by molar-refractivity contribution is 6.05. The quantitative estimate of drug-likeness (QED) is 0.612. The summed E-state index contributed by atoms with van der Waals surface area (Å²) in [4.78, 5) is 13.4. The van der Waals surface area contributed by atoms with Crippen LogP contribution in [0, 0.1) is 0 Å². The zero-order valence-electron chi connectivity index (χ0n) is 17.3. The molecule has 0 aromatic heterocycles. The molecule has 0 fully saturated rings. The van der Waals surface area contributed by atoms with Crippen molar-refractivity contribution in [1.29, 1.82) is 0 Å². The van der Waals surface area contributed by atoms with Gasteiger partial charge in [-0.2, -0.15) is 0 Å². The van der Waals surface area contributed by atoms with Gasteiger partial charge in [-0.05, 0) is 23.8 Å². The van der Waals surface area contributed by atoms with Crippen LogP contribution in [-0.4, -0.2) is 32.7 Å². The second-order valence-electron chi connectivity index (χ2n) is 7.49. The number of hydrogen-bond donors (Lipinski definition) is 0. The molecular weight excluding hydrogens is 396 g/mol. The molecule has 2 aliphatic heterocycles. The number of benzene rings is 3. The van der Waals surface area contributed by atoms with Crippen molar-refractivity contribution in [3.05, 3.63) is 77.4 Å². The molecule has 2 aliphatic rings. The Morgan fingerprint density at radius 2 is 1.71 bits per heavy atom. The lowest BCUT2D eigenvalue weighted by atomic mass is 9.82. The Morgan fingerprint density at radius 3 is 2.48 bits per heavy atom. The van der Waals surface area contributed by atoms with Crippen LogP contribution in [0.25, 0.3) is 0 Å². The first-order chi connectivity index (χ1) is 15.2. The Kier molecular flexibility index (Phi) is 4.90. The molecule has 0 amide bonds. The van der Waals surface area contributed by atoms with E-state index in [2.05, 4.69) is 0 Å². The summed E-state index contributed by atoms with van der Waals surface area (Å²) in [6.07, 6.45) is -0.421. The lowest BCUT2D eigenvalue weighted by molar-refractivity contribution is 0.0557. The van der Waals surface area contributed by atoms with E-state index < -0.39 is 12.0 Å². The topological polar surface area (TPSA) is 63.2 Å². The average Bonchev–Trinajstić information content (AvgIpc) is 2.82. The molecule has 3 aromatic carbocycles. The molecule has 0 aliphatic carbocycles. The fourth-order valence-corrected chi connectivity index (χ4v) is 4.09. The molecule has 3 aromatic rings. The number of ketones is 1. The van der Waals surface area contributed by atoms with Gasteiger partial charge in [0, 0.05) is 17.7 Å². The standard InChI is InChI=1S/C25H22O6/c1-27-21-11-18-19(12-22(21)28-2)30-14-23-24(18)25(26)17-9-8-16(10-20(17)31-23)29-13-15-6-4-3-5-7-15/h3-12,23-24H,13-14H2,1-2H3/t23-,24+/m1/s1. The molecule has 0 radical (unpaired) electrons. The van der Waals surface area contributed by atoms with Gasteiger partial charge in [-0.3, -0.25) is 4.79 Å². The van der Waals surface area contributed by atoms with E-state index in [-0.39, 0.29) is 12.4 Å². The second-order valence-corrected chi connectivity index (χ2v) is 7.49. The summed E-state index contributed by atoms with van der Waals surface area (Å²) in [6.45, 7) is 0.713. The number of carbonyl (C=O) groups is 1. The highest BCUT2D eigenvalue weighted by Gasteiger charge is 2.43.